The molecule has 11 nitrogen and oxygen atoms in total. The number of carbonyl (C=O) groups excluding carboxylic acids is 4. The van der Waals surface area contributed by atoms with Crippen molar-refractivity contribution in [1.29, 1.82) is 0 Å². The van der Waals surface area contributed by atoms with Gasteiger partial charge in [-0.1, -0.05) is 0 Å². The van der Waals surface area contributed by atoms with Gasteiger partial charge in [0.25, 0.3) is 0 Å². The van der Waals surface area contributed by atoms with Gasteiger partial charge >= 0.3 is 31.9 Å². The highest BCUT2D eigenvalue weighted by Gasteiger charge is 2.60. The molecule has 0 radical (unpaired) electrons. The average molecular weight is 386 g/mol. The van der Waals surface area contributed by atoms with Crippen molar-refractivity contribution < 1.29 is 52.0 Å². The molecule has 0 spiro atoms. The molecule has 2 saturated heterocycles. The molecule has 0 bridgehead atoms. The number of esters is 3. The second-order valence-electron chi connectivity index (χ2n) is 5.40. The summed E-state index contributed by atoms with van der Waals surface area (Å²) >= 11 is 0. The first-order valence-electron chi connectivity index (χ1n) is 8.53. The lowest BCUT2D eigenvalue weighted by Gasteiger charge is -2.15. The Morgan fingerprint density at radius 2 is 1.11 bits per heavy atom. The first kappa shape index (κ1) is 21.4. The van der Waals surface area contributed by atoms with Gasteiger partial charge in [0.2, 0.25) is 0 Å². The summed E-state index contributed by atoms with van der Waals surface area (Å²) in [6, 6.07) is 0. The summed E-state index contributed by atoms with van der Waals surface area (Å²) < 4.78 is 36.0. The summed E-state index contributed by atoms with van der Waals surface area (Å²) in [6.45, 7) is 4.99. The summed E-state index contributed by atoms with van der Waals surface area (Å²) in [6.07, 6.45) is -5.00. The second kappa shape index (κ2) is 9.83. The normalized spacial score (nSPS) is 27.4. The smallest absolute Gasteiger partial charge is 0.464 e. The van der Waals surface area contributed by atoms with Gasteiger partial charge in [-0.3, -0.25) is 0 Å². The molecule has 4 atom stereocenters. The molecule has 0 aliphatic carbocycles. The summed E-state index contributed by atoms with van der Waals surface area (Å²) in [5.41, 5.74) is 0. The van der Waals surface area contributed by atoms with Crippen LogP contribution in [0.15, 0.2) is 0 Å². The van der Waals surface area contributed by atoms with E-state index in [1.807, 2.05) is 0 Å². The maximum absolute atomic E-state index is 12.1. The van der Waals surface area contributed by atoms with Crippen molar-refractivity contribution in [3.8, 4) is 0 Å². The van der Waals surface area contributed by atoms with Crippen LogP contribution in [0.1, 0.15) is 20.8 Å². The van der Waals surface area contributed by atoms with E-state index in [-0.39, 0.29) is 19.8 Å². The molecular weight excluding hydrogens is 366 g/mol. The Balaban J connectivity index is 2.11. The van der Waals surface area contributed by atoms with Crippen LogP contribution in [0.5, 0.6) is 0 Å². The lowest BCUT2D eigenvalue weighted by Crippen LogP contribution is -2.41. The molecular formula is C14H20B2O11. The van der Waals surface area contributed by atoms with E-state index in [1.165, 1.54) is 0 Å². The summed E-state index contributed by atoms with van der Waals surface area (Å²) in [5, 5.41) is 0. The van der Waals surface area contributed by atoms with E-state index < -0.39 is 56.3 Å². The van der Waals surface area contributed by atoms with Crippen molar-refractivity contribution in [3.63, 3.8) is 0 Å². The predicted octanol–water partition coefficient (Wildman–Crippen LogP) is -1.50. The molecule has 2 fully saturated rings. The van der Waals surface area contributed by atoms with Crippen LogP contribution < -0.4 is 0 Å². The van der Waals surface area contributed by atoms with Crippen LogP contribution in [-0.2, 0) is 52.0 Å². The van der Waals surface area contributed by atoms with Gasteiger partial charge in [-0.2, -0.15) is 0 Å². The fourth-order valence-corrected chi connectivity index (χ4v) is 2.53. The molecule has 2 aliphatic heterocycles. The molecule has 0 aromatic carbocycles. The molecule has 2 heterocycles. The van der Waals surface area contributed by atoms with E-state index >= 15 is 0 Å². The van der Waals surface area contributed by atoms with E-state index in [1.54, 1.807) is 20.8 Å². The zero-order chi connectivity index (χ0) is 20.0. The molecule has 27 heavy (non-hydrogen) atoms. The molecule has 0 N–H and O–H groups in total. The lowest BCUT2D eigenvalue weighted by atomic mass is 9.49. The lowest BCUT2D eigenvalue weighted by molar-refractivity contribution is -0.163. The fourth-order valence-electron chi connectivity index (χ4n) is 2.53. The van der Waals surface area contributed by atoms with Crippen LogP contribution in [0.4, 0.5) is 0 Å². The molecule has 0 amide bonds. The molecule has 0 saturated carbocycles. The van der Waals surface area contributed by atoms with Crippen molar-refractivity contribution in [2.75, 3.05) is 19.8 Å². The number of hydrogen-bond donors (Lipinski definition) is 0. The van der Waals surface area contributed by atoms with Crippen LogP contribution in [0.3, 0.4) is 0 Å². The minimum atomic E-state index is -1.41. The van der Waals surface area contributed by atoms with Gasteiger partial charge in [-0.05, 0) is 20.8 Å². The zero-order valence-electron chi connectivity index (χ0n) is 15.2. The highest BCUT2D eigenvalue weighted by molar-refractivity contribution is 7.11. The number of hydrogen-bond acceptors (Lipinski definition) is 11. The summed E-state index contributed by atoms with van der Waals surface area (Å²) in [7, 11) is -2.71. The topological polar surface area (TPSA) is 133 Å². The third-order valence-corrected chi connectivity index (χ3v) is 3.62. The Hall–Kier alpha value is -1.95. The second-order valence-corrected chi connectivity index (χ2v) is 5.40. The summed E-state index contributed by atoms with van der Waals surface area (Å²) in [5.74, 6) is -2.45. The Kier molecular flexibility index (Phi) is 7.77. The third-order valence-electron chi connectivity index (χ3n) is 3.62. The van der Waals surface area contributed by atoms with Crippen molar-refractivity contribution in [3.05, 3.63) is 0 Å². The van der Waals surface area contributed by atoms with Gasteiger partial charge < -0.3 is 37.6 Å². The highest BCUT2D eigenvalue weighted by atomic mass is 16.7. The molecule has 0 unspecified atom stereocenters. The zero-order valence-corrected chi connectivity index (χ0v) is 15.2. The standard InChI is InChI=1S/C14H20B2O11/c1-4-21-12(18)9-8(7-17)24-15(25-9)16-26-10(13(19)22-5-2)11(27-16)14(20)23-6-3/h7-11H,4-6H2,1-3H3/t8-,9+,10+,11+/m0/s1. The Bertz CT molecular complexity index is 545. The highest BCUT2D eigenvalue weighted by Crippen LogP contribution is 2.26. The van der Waals surface area contributed by atoms with Crippen LogP contribution in [-0.4, -0.2) is 82.4 Å². The van der Waals surface area contributed by atoms with Gasteiger partial charge in [0.05, 0.1) is 19.8 Å². The van der Waals surface area contributed by atoms with E-state index in [2.05, 4.69) is 0 Å². The van der Waals surface area contributed by atoms with E-state index in [4.69, 9.17) is 32.8 Å². The maximum atomic E-state index is 12.1. The van der Waals surface area contributed by atoms with Gasteiger partial charge in [-0.25, -0.2) is 14.4 Å². The third kappa shape index (κ3) is 4.86. The van der Waals surface area contributed by atoms with Crippen LogP contribution in [0, 0.1) is 0 Å². The number of carbonyl (C=O) groups is 4. The fraction of sp³-hybridized carbons (Fsp3) is 0.714. The van der Waals surface area contributed by atoms with Crippen LogP contribution >= 0.6 is 0 Å². The van der Waals surface area contributed by atoms with E-state index in [0.717, 1.165) is 0 Å². The largest absolute Gasteiger partial charge is 0.489 e. The monoisotopic (exact) mass is 386 g/mol. The molecule has 148 valence electrons. The van der Waals surface area contributed by atoms with Crippen LogP contribution in [0.25, 0.3) is 0 Å². The van der Waals surface area contributed by atoms with Crippen molar-refractivity contribution in [2.24, 2.45) is 0 Å². The Morgan fingerprint density at radius 1 is 0.741 bits per heavy atom. The van der Waals surface area contributed by atoms with Gasteiger partial charge in [0.1, 0.15) is 12.4 Å². The molecule has 13 heteroatoms. The Labute approximate surface area is 156 Å². The first-order chi connectivity index (χ1) is 13.0. The van der Waals surface area contributed by atoms with E-state index in [0.29, 0.717) is 6.29 Å². The van der Waals surface area contributed by atoms with Crippen LogP contribution in [0.2, 0.25) is 0 Å². The average Bonchev–Trinajstić information content (AvgIpc) is 3.26. The number of ether oxygens (including phenoxy) is 3. The van der Waals surface area contributed by atoms with Gasteiger partial charge in [0.15, 0.2) is 18.3 Å². The van der Waals surface area contributed by atoms with E-state index in [9.17, 15) is 19.2 Å². The number of aldehydes is 1. The van der Waals surface area contributed by atoms with Crippen molar-refractivity contribution in [1.82, 2.24) is 0 Å². The molecule has 2 rings (SSSR count). The SMILES string of the molecule is CCOC(=O)[C@@H]1OB(B2O[C@@H](C(=O)OCC)[C@H](C(=O)OCC)O2)O[C@H]1C=O. The Morgan fingerprint density at radius 3 is 1.52 bits per heavy atom. The van der Waals surface area contributed by atoms with Crippen molar-refractivity contribution >= 4 is 38.2 Å². The number of rotatable bonds is 8. The first-order valence-corrected chi connectivity index (χ1v) is 8.53. The van der Waals surface area contributed by atoms with Gasteiger partial charge in [-0.15, -0.1) is 0 Å². The molecule has 0 aromatic heterocycles. The maximum Gasteiger partial charge on any atom is 0.489 e. The minimum Gasteiger partial charge on any atom is -0.464 e. The molecule has 2 aliphatic rings. The van der Waals surface area contributed by atoms with Crippen molar-refractivity contribution in [2.45, 2.75) is 45.2 Å². The molecule has 0 aromatic rings. The minimum absolute atomic E-state index is 0.0630. The quantitative estimate of drug-likeness (QED) is 0.209. The predicted molar refractivity (Wildman–Crippen MR) is 87.0 cm³/mol. The van der Waals surface area contributed by atoms with Gasteiger partial charge in [0, 0.05) is 0 Å². The summed E-state index contributed by atoms with van der Waals surface area (Å²) in [4.78, 5) is 47.1.